The van der Waals surface area contributed by atoms with Crippen LogP contribution in [0.25, 0.3) is 0 Å². The molecule has 0 saturated heterocycles. The number of pyridine rings is 1. The number of nitrogens with zero attached hydrogens (tertiary/aromatic N) is 2. The third-order valence-electron chi connectivity index (χ3n) is 5.06. The molecule has 2 amide bonds. The highest BCUT2D eigenvalue weighted by Gasteiger charge is 2.53. The molecular formula is C21H24N3O2+. The molecule has 2 aromatic rings. The minimum atomic E-state index is -1.13. The molecule has 3 rings (SSSR count). The van der Waals surface area contributed by atoms with E-state index in [4.69, 9.17) is 0 Å². The molecule has 0 radical (unpaired) electrons. The van der Waals surface area contributed by atoms with Crippen LogP contribution in [0.2, 0.25) is 0 Å². The van der Waals surface area contributed by atoms with Crippen molar-refractivity contribution in [1.29, 1.82) is 0 Å². The lowest BCUT2D eigenvalue weighted by Crippen LogP contribution is -2.67. The fraction of sp³-hybridized carbons (Fsp3) is 0.286. The maximum atomic E-state index is 13.4. The lowest BCUT2D eigenvalue weighted by atomic mass is 9.90. The molecule has 0 unspecified atom stereocenters. The fourth-order valence-electron chi connectivity index (χ4n) is 3.57. The minimum Gasteiger partial charge on any atom is -0.323 e. The van der Waals surface area contributed by atoms with Crippen LogP contribution in [0.4, 0.5) is 5.69 Å². The number of aromatic nitrogens is 1. The van der Waals surface area contributed by atoms with Gasteiger partial charge < -0.3 is 10.2 Å². The number of anilines is 1. The molecule has 2 heterocycles. The van der Waals surface area contributed by atoms with Gasteiger partial charge in [-0.3, -0.25) is 9.59 Å². The summed E-state index contributed by atoms with van der Waals surface area (Å²) in [7, 11) is 0. The quantitative estimate of drug-likeness (QED) is 0.680. The van der Waals surface area contributed by atoms with Crippen molar-refractivity contribution in [2.45, 2.75) is 32.9 Å². The van der Waals surface area contributed by atoms with Crippen molar-refractivity contribution in [2.75, 3.05) is 11.9 Å². The van der Waals surface area contributed by atoms with E-state index in [0.717, 1.165) is 22.5 Å². The molecule has 1 N–H and O–H groups in total. The summed E-state index contributed by atoms with van der Waals surface area (Å²) in [4.78, 5) is 27.8. The van der Waals surface area contributed by atoms with Crippen LogP contribution in [0.1, 0.15) is 23.7 Å². The summed E-state index contributed by atoms with van der Waals surface area (Å²) < 4.78 is 1.84. The Morgan fingerprint density at radius 2 is 1.96 bits per heavy atom. The van der Waals surface area contributed by atoms with Gasteiger partial charge in [-0.1, -0.05) is 30.3 Å². The highest BCUT2D eigenvalue weighted by Crippen LogP contribution is 2.32. The van der Waals surface area contributed by atoms with Crippen molar-refractivity contribution < 1.29 is 14.2 Å². The predicted octanol–water partition coefficient (Wildman–Crippen LogP) is 2.47. The maximum Gasteiger partial charge on any atom is 0.290 e. The van der Waals surface area contributed by atoms with Crippen LogP contribution in [-0.2, 0) is 21.7 Å². The minimum absolute atomic E-state index is 0.104. The average Bonchev–Trinajstić information content (AvgIpc) is 2.61. The Morgan fingerprint density at radius 1 is 1.27 bits per heavy atom. The predicted molar refractivity (Wildman–Crippen MR) is 100 cm³/mol. The first-order chi connectivity index (χ1) is 12.4. The molecular weight excluding hydrogens is 326 g/mol. The molecule has 1 atom stereocenters. The van der Waals surface area contributed by atoms with Crippen molar-refractivity contribution >= 4 is 17.5 Å². The Morgan fingerprint density at radius 3 is 2.62 bits per heavy atom. The number of para-hydroxylation sites is 1. The van der Waals surface area contributed by atoms with Gasteiger partial charge in [-0.05, 0) is 31.9 Å². The number of amides is 2. The van der Waals surface area contributed by atoms with Gasteiger partial charge in [-0.2, -0.15) is 4.57 Å². The number of aryl methyl sites for hydroxylation is 2. The normalized spacial score (nSPS) is 19.0. The molecule has 0 fully saturated rings. The van der Waals surface area contributed by atoms with Gasteiger partial charge in [0.1, 0.15) is 0 Å². The van der Waals surface area contributed by atoms with Crippen LogP contribution in [0.5, 0.6) is 0 Å². The van der Waals surface area contributed by atoms with Crippen molar-refractivity contribution in [3.05, 3.63) is 72.1 Å². The number of nitrogens with one attached hydrogen (secondary N) is 1. The van der Waals surface area contributed by atoms with E-state index in [-0.39, 0.29) is 18.4 Å². The van der Waals surface area contributed by atoms with E-state index in [1.165, 1.54) is 0 Å². The highest BCUT2D eigenvalue weighted by molar-refractivity contribution is 6.01. The Kier molecular flexibility index (Phi) is 4.64. The SMILES string of the molecule is C=CCN1C(=O)C[n+]2ccccc2[C@@]1(C)C(=O)Nc1c(C)cccc1C. The largest absolute Gasteiger partial charge is 0.323 e. The number of fused-ring (bicyclic) bond motifs is 1. The van der Waals surface area contributed by atoms with Gasteiger partial charge in [0, 0.05) is 24.4 Å². The molecule has 5 heteroatoms. The molecule has 1 aliphatic heterocycles. The monoisotopic (exact) mass is 350 g/mol. The standard InChI is InChI=1S/C21H23N3O2/c1-5-12-24-18(25)14-23-13-7-6-11-17(23)21(24,4)20(26)22-19-15(2)9-8-10-16(19)3/h5-11,13H,1,12,14H2,2-4H3/p+1/t21-/m0/s1. The third kappa shape index (κ3) is 2.79. The van der Waals surface area contributed by atoms with E-state index >= 15 is 0 Å². The molecule has 1 aromatic carbocycles. The van der Waals surface area contributed by atoms with E-state index in [1.807, 2.05) is 61.0 Å². The summed E-state index contributed by atoms with van der Waals surface area (Å²) in [5.74, 6) is -0.336. The van der Waals surface area contributed by atoms with Gasteiger partial charge in [0.15, 0.2) is 6.20 Å². The molecule has 0 saturated carbocycles. The Balaban J connectivity index is 2.10. The number of benzene rings is 1. The molecule has 1 aromatic heterocycles. The van der Waals surface area contributed by atoms with E-state index in [0.29, 0.717) is 6.54 Å². The third-order valence-corrected chi connectivity index (χ3v) is 5.06. The van der Waals surface area contributed by atoms with Gasteiger partial charge >= 0.3 is 0 Å². The Hall–Kier alpha value is -2.95. The number of hydrogen-bond acceptors (Lipinski definition) is 2. The zero-order valence-electron chi connectivity index (χ0n) is 15.5. The van der Waals surface area contributed by atoms with Gasteiger partial charge in [-0.15, -0.1) is 6.58 Å². The summed E-state index contributed by atoms with van der Waals surface area (Å²) in [6, 6.07) is 11.5. The molecule has 0 spiro atoms. The van der Waals surface area contributed by atoms with Crippen LogP contribution < -0.4 is 9.88 Å². The first-order valence-corrected chi connectivity index (χ1v) is 8.67. The van der Waals surface area contributed by atoms with Crippen LogP contribution >= 0.6 is 0 Å². The van der Waals surface area contributed by atoms with Crippen LogP contribution in [0.15, 0.2) is 55.3 Å². The van der Waals surface area contributed by atoms with E-state index in [1.54, 1.807) is 17.9 Å². The molecule has 0 aliphatic carbocycles. The second-order valence-corrected chi connectivity index (χ2v) is 6.80. The van der Waals surface area contributed by atoms with Crippen molar-refractivity contribution in [1.82, 2.24) is 4.90 Å². The molecule has 26 heavy (non-hydrogen) atoms. The van der Waals surface area contributed by atoms with E-state index in [2.05, 4.69) is 11.9 Å². The number of carbonyl (C=O) groups is 2. The van der Waals surface area contributed by atoms with Gasteiger partial charge in [-0.25, -0.2) is 0 Å². The van der Waals surface area contributed by atoms with Crippen molar-refractivity contribution in [3.63, 3.8) is 0 Å². The fourth-order valence-corrected chi connectivity index (χ4v) is 3.57. The van der Waals surface area contributed by atoms with Crippen LogP contribution in [0.3, 0.4) is 0 Å². The summed E-state index contributed by atoms with van der Waals surface area (Å²) in [5.41, 5.74) is 2.42. The Labute approximate surface area is 154 Å². The molecule has 5 nitrogen and oxygen atoms in total. The smallest absolute Gasteiger partial charge is 0.290 e. The van der Waals surface area contributed by atoms with Crippen LogP contribution in [0, 0.1) is 13.8 Å². The lowest BCUT2D eigenvalue weighted by molar-refractivity contribution is -0.701. The zero-order chi connectivity index (χ0) is 18.9. The van der Waals surface area contributed by atoms with Gasteiger partial charge in [0.25, 0.3) is 11.8 Å². The zero-order valence-corrected chi connectivity index (χ0v) is 15.5. The second-order valence-electron chi connectivity index (χ2n) is 6.80. The van der Waals surface area contributed by atoms with Crippen LogP contribution in [-0.4, -0.2) is 23.3 Å². The van der Waals surface area contributed by atoms with E-state index in [9.17, 15) is 9.59 Å². The highest BCUT2D eigenvalue weighted by atomic mass is 16.2. The summed E-state index contributed by atoms with van der Waals surface area (Å²) in [6.45, 7) is 9.99. The first kappa shape index (κ1) is 17.9. The van der Waals surface area contributed by atoms with Gasteiger partial charge in [0.2, 0.25) is 17.8 Å². The maximum absolute atomic E-state index is 13.4. The second kappa shape index (κ2) is 6.75. The summed E-state index contributed by atoms with van der Waals surface area (Å²) in [5, 5.41) is 3.06. The number of carbonyl (C=O) groups excluding carboxylic acids is 2. The number of rotatable bonds is 4. The number of hydrogen-bond donors (Lipinski definition) is 1. The summed E-state index contributed by atoms with van der Waals surface area (Å²) >= 11 is 0. The Bertz CT molecular complexity index is 870. The topological polar surface area (TPSA) is 53.3 Å². The molecule has 1 aliphatic rings. The summed E-state index contributed by atoms with van der Waals surface area (Å²) in [6.07, 6.45) is 3.49. The molecule has 134 valence electrons. The molecule has 0 bridgehead atoms. The first-order valence-electron chi connectivity index (χ1n) is 8.67. The van der Waals surface area contributed by atoms with Crippen molar-refractivity contribution in [3.8, 4) is 0 Å². The van der Waals surface area contributed by atoms with Crippen molar-refractivity contribution in [2.24, 2.45) is 0 Å². The average molecular weight is 350 g/mol. The van der Waals surface area contributed by atoms with Gasteiger partial charge in [0.05, 0.1) is 0 Å². The lowest BCUT2D eigenvalue weighted by Gasteiger charge is -2.39. The van der Waals surface area contributed by atoms with E-state index < -0.39 is 5.54 Å².